The number of likely N-dealkylation sites (tertiary alicyclic amines) is 1. The van der Waals surface area contributed by atoms with Crippen LogP contribution in [0.2, 0.25) is 0 Å². The molecule has 0 atom stereocenters. The number of hydrogen-bond acceptors (Lipinski definition) is 4. The third kappa shape index (κ3) is 4.59. The van der Waals surface area contributed by atoms with Gasteiger partial charge in [-0.3, -0.25) is 14.3 Å². The highest BCUT2D eigenvalue weighted by Gasteiger charge is 2.19. The third-order valence-corrected chi connectivity index (χ3v) is 4.12. The van der Waals surface area contributed by atoms with Gasteiger partial charge in [-0.25, -0.2) is 0 Å². The van der Waals surface area contributed by atoms with Gasteiger partial charge in [0.05, 0.1) is 6.20 Å². The van der Waals surface area contributed by atoms with E-state index in [2.05, 4.69) is 10.4 Å². The molecule has 0 aliphatic carbocycles. The van der Waals surface area contributed by atoms with Crippen molar-refractivity contribution in [3.8, 4) is 16.9 Å². The third-order valence-electron chi connectivity index (χ3n) is 4.12. The largest absolute Gasteiger partial charge is 0.484 e. The van der Waals surface area contributed by atoms with Crippen LogP contribution in [0.25, 0.3) is 11.1 Å². The molecule has 7 nitrogen and oxygen atoms in total. The van der Waals surface area contributed by atoms with E-state index in [1.165, 1.54) is 0 Å². The highest BCUT2D eigenvalue weighted by atomic mass is 16.5. The smallest absolute Gasteiger partial charge is 0.258 e. The number of ether oxygens (including phenoxy) is 1. The maximum atomic E-state index is 11.9. The van der Waals surface area contributed by atoms with Crippen LogP contribution in [0.3, 0.4) is 0 Å². The Morgan fingerprint density at radius 2 is 2.24 bits per heavy atom. The summed E-state index contributed by atoms with van der Waals surface area (Å²) in [4.78, 5) is 25.1. The number of hydrogen-bond donors (Lipinski definition) is 1. The van der Waals surface area contributed by atoms with Gasteiger partial charge in [-0.2, -0.15) is 5.10 Å². The molecule has 132 valence electrons. The predicted molar refractivity (Wildman–Crippen MR) is 93.0 cm³/mol. The normalized spacial score (nSPS) is 14.0. The molecular weight excluding hydrogens is 320 g/mol. The van der Waals surface area contributed by atoms with Gasteiger partial charge in [0.2, 0.25) is 5.91 Å². The highest BCUT2D eigenvalue weighted by Crippen LogP contribution is 2.23. The van der Waals surface area contributed by atoms with E-state index in [-0.39, 0.29) is 18.4 Å². The molecule has 2 aromatic rings. The molecule has 0 bridgehead atoms. The molecule has 1 saturated heterocycles. The minimum absolute atomic E-state index is 0.0512. The molecule has 2 heterocycles. The molecule has 3 rings (SSSR count). The van der Waals surface area contributed by atoms with Gasteiger partial charge in [0, 0.05) is 44.9 Å². The first-order chi connectivity index (χ1) is 12.1. The maximum Gasteiger partial charge on any atom is 0.258 e. The van der Waals surface area contributed by atoms with E-state index in [1.54, 1.807) is 15.8 Å². The summed E-state index contributed by atoms with van der Waals surface area (Å²) >= 11 is 0. The summed E-state index contributed by atoms with van der Waals surface area (Å²) in [5.41, 5.74) is 1.98. The molecule has 1 aromatic heterocycles. The van der Waals surface area contributed by atoms with E-state index >= 15 is 0 Å². The number of benzene rings is 1. The second-order valence-electron chi connectivity index (χ2n) is 6.05. The number of nitrogens with one attached hydrogen (secondary N) is 1. The molecule has 0 saturated carbocycles. The average molecular weight is 342 g/mol. The van der Waals surface area contributed by atoms with Crippen molar-refractivity contribution < 1.29 is 14.3 Å². The Kier molecular flexibility index (Phi) is 5.33. The van der Waals surface area contributed by atoms with Gasteiger partial charge in [0.15, 0.2) is 6.61 Å². The lowest BCUT2D eigenvalue weighted by Crippen LogP contribution is -2.37. The molecule has 0 radical (unpaired) electrons. The fraction of sp³-hybridized carbons (Fsp3) is 0.389. The van der Waals surface area contributed by atoms with Crippen LogP contribution in [0.5, 0.6) is 5.75 Å². The number of carbonyl (C=O) groups excluding carboxylic acids is 2. The number of amides is 2. The van der Waals surface area contributed by atoms with Crippen molar-refractivity contribution in [2.45, 2.75) is 12.8 Å². The molecule has 1 fully saturated rings. The van der Waals surface area contributed by atoms with Crippen molar-refractivity contribution in [1.29, 1.82) is 0 Å². The summed E-state index contributed by atoms with van der Waals surface area (Å²) in [6.45, 7) is 1.74. The van der Waals surface area contributed by atoms with Crippen molar-refractivity contribution in [3.05, 3.63) is 36.7 Å². The Labute approximate surface area is 146 Å². The number of rotatable bonds is 7. The zero-order valence-electron chi connectivity index (χ0n) is 14.3. The van der Waals surface area contributed by atoms with Crippen LogP contribution in [0.15, 0.2) is 36.7 Å². The molecule has 0 unspecified atom stereocenters. The van der Waals surface area contributed by atoms with E-state index in [0.29, 0.717) is 25.3 Å². The molecule has 1 aliphatic rings. The van der Waals surface area contributed by atoms with Gasteiger partial charge in [-0.1, -0.05) is 12.1 Å². The van der Waals surface area contributed by atoms with Gasteiger partial charge in [0.1, 0.15) is 5.75 Å². The molecule has 1 aliphatic heterocycles. The second kappa shape index (κ2) is 7.83. The van der Waals surface area contributed by atoms with Crippen LogP contribution in [0.1, 0.15) is 12.8 Å². The molecule has 25 heavy (non-hydrogen) atoms. The van der Waals surface area contributed by atoms with Crippen molar-refractivity contribution in [3.63, 3.8) is 0 Å². The van der Waals surface area contributed by atoms with Crippen LogP contribution in [-0.4, -0.2) is 52.7 Å². The van der Waals surface area contributed by atoms with Gasteiger partial charge in [-0.15, -0.1) is 0 Å². The molecule has 7 heteroatoms. The first-order valence-corrected chi connectivity index (χ1v) is 8.38. The molecule has 1 N–H and O–H groups in total. The Bertz CT molecular complexity index is 756. The van der Waals surface area contributed by atoms with Crippen LogP contribution >= 0.6 is 0 Å². The van der Waals surface area contributed by atoms with Crippen LogP contribution in [0, 0.1) is 0 Å². The Balaban J connectivity index is 1.45. The standard InChI is InChI=1S/C18H22N4O3/c1-21-12-15(11-20-21)14-4-2-5-16(10-14)25-13-17(23)19-7-9-22-8-3-6-18(22)24/h2,4-5,10-12H,3,6-9,13H2,1H3,(H,19,23). The molecular formula is C18H22N4O3. The lowest BCUT2D eigenvalue weighted by atomic mass is 10.1. The summed E-state index contributed by atoms with van der Waals surface area (Å²) in [6.07, 6.45) is 5.23. The van der Waals surface area contributed by atoms with E-state index in [1.807, 2.05) is 37.5 Å². The van der Waals surface area contributed by atoms with Crippen LogP contribution in [0.4, 0.5) is 0 Å². The first kappa shape index (κ1) is 17.0. The van der Waals surface area contributed by atoms with E-state index < -0.39 is 0 Å². The van der Waals surface area contributed by atoms with Crippen LogP contribution in [-0.2, 0) is 16.6 Å². The monoisotopic (exact) mass is 342 g/mol. The number of aryl methyl sites for hydroxylation is 1. The molecule has 2 amide bonds. The molecule has 1 aromatic carbocycles. The predicted octanol–water partition coefficient (Wildman–Crippen LogP) is 1.20. The Hall–Kier alpha value is -2.83. The minimum atomic E-state index is -0.196. The lowest BCUT2D eigenvalue weighted by molar-refractivity contribution is -0.128. The second-order valence-corrected chi connectivity index (χ2v) is 6.05. The number of nitrogens with zero attached hydrogens (tertiary/aromatic N) is 3. The number of aromatic nitrogens is 2. The quantitative estimate of drug-likeness (QED) is 0.820. The molecule has 0 spiro atoms. The first-order valence-electron chi connectivity index (χ1n) is 8.38. The lowest BCUT2D eigenvalue weighted by Gasteiger charge is -2.15. The fourth-order valence-electron chi connectivity index (χ4n) is 2.81. The maximum absolute atomic E-state index is 11.9. The topological polar surface area (TPSA) is 76.5 Å². The minimum Gasteiger partial charge on any atom is -0.484 e. The Morgan fingerprint density at radius 1 is 1.36 bits per heavy atom. The van der Waals surface area contributed by atoms with Gasteiger partial charge in [-0.05, 0) is 24.1 Å². The highest BCUT2D eigenvalue weighted by molar-refractivity contribution is 5.79. The van der Waals surface area contributed by atoms with Gasteiger partial charge in [0.25, 0.3) is 5.91 Å². The summed E-state index contributed by atoms with van der Waals surface area (Å²) in [5.74, 6) is 0.599. The van der Waals surface area contributed by atoms with E-state index in [0.717, 1.165) is 24.1 Å². The van der Waals surface area contributed by atoms with E-state index in [9.17, 15) is 9.59 Å². The summed E-state index contributed by atoms with van der Waals surface area (Å²) in [6, 6.07) is 7.55. The zero-order chi connectivity index (χ0) is 17.6. The Morgan fingerprint density at radius 3 is 2.96 bits per heavy atom. The van der Waals surface area contributed by atoms with Gasteiger partial charge < -0.3 is 15.0 Å². The van der Waals surface area contributed by atoms with Crippen LogP contribution < -0.4 is 10.1 Å². The fourth-order valence-corrected chi connectivity index (χ4v) is 2.81. The average Bonchev–Trinajstić information content (AvgIpc) is 3.22. The summed E-state index contributed by atoms with van der Waals surface area (Å²) < 4.78 is 7.30. The van der Waals surface area contributed by atoms with Crippen molar-refractivity contribution >= 4 is 11.8 Å². The SMILES string of the molecule is Cn1cc(-c2cccc(OCC(=O)NCCN3CCCC3=O)c2)cn1. The van der Waals surface area contributed by atoms with Gasteiger partial charge >= 0.3 is 0 Å². The summed E-state index contributed by atoms with van der Waals surface area (Å²) in [7, 11) is 1.86. The number of carbonyl (C=O) groups is 2. The zero-order valence-corrected chi connectivity index (χ0v) is 14.3. The van der Waals surface area contributed by atoms with Crippen molar-refractivity contribution in [1.82, 2.24) is 20.0 Å². The summed E-state index contributed by atoms with van der Waals surface area (Å²) in [5, 5.41) is 6.93. The van der Waals surface area contributed by atoms with Crippen molar-refractivity contribution in [2.24, 2.45) is 7.05 Å². The van der Waals surface area contributed by atoms with E-state index in [4.69, 9.17) is 4.74 Å². The van der Waals surface area contributed by atoms with Crippen molar-refractivity contribution in [2.75, 3.05) is 26.2 Å².